The van der Waals surface area contributed by atoms with Crippen molar-refractivity contribution < 1.29 is 19.4 Å². The Morgan fingerprint density at radius 1 is 1.08 bits per heavy atom. The van der Waals surface area contributed by atoms with Crippen LogP contribution in [0.4, 0.5) is 0 Å². The quantitative estimate of drug-likeness (QED) is 0.737. The average molecular weight is 348 g/mol. The molecule has 25 heavy (non-hydrogen) atoms. The first-order chi connectivity index (χ1) is 11.8. The molecule has 0 radical (unpaired) electrons. The second-order valence-electron chi connectivity index (χ2n) is 9.73. The van der Waals surface area contributed by atoms with E-state index in [0.29, 0.717) is 35.5 Å². The van der Waals surface area contributed by atoms with Gasteiger partial charge < -0.3 is 9.84 Å². The number of hydrogen-bond acceptors (Lipinski definition) is 4. The number of rotatable bonds is 1. The molecule has 0 amide bonds. The normalized spacial score (nSPS) is 52.1. The summed E-state index contributed by atoms with van der Waals surface area (Å²) in [6.07, 6.45) is 7.51. The van der Waals surface area contributed by atoms with E-state index in [4.69, 9.17) is 4.74 Å². The van der Waals surface area contributed by atoms with E-state index in [1.54, 1.807) is 0 Å². The van der Waals surface area contributed by atoms with Gasteiger partial charge in [-0.2, -0.15) is 0 Å². The summed E-state index contributed by atoms with van der Waals surface area (Å²) in [5, 5.41) is 10.2. The lowest BCUT2D eigenvalue weighted by atomic mass is 9.45. The van der Waals surface area contributed by atoms with Crippen molar-refractivity contribution in [2.24, 2.45) is 34.5 Å². The van der Waals surface area contributed by atoms with Gasteiger partial charge >= 0.3 is 5.97 Å². The SMILES string of the molecule is CC(=O)O[C@H]1CC[C@@]2(C)[C@@H](CC[C@@H]3[C@@H]2CC[C@]2(C)C(=O)[C@@H](O)C[C@@H]32)C1. The van der Waals surface area contributed by atoms with Crippen LogP contribution in [0.3, 0.4) is 0 Å². The van der Waals surface area contributed by atoms with Crippen molar-refractivity contribution >= 4 is 11.8 Å². The smallest absolute Gasteiger partial charge is 0.302 e. The zero-order chi connectivity index (χ0) is 18.0. The van der Waals surface area contributed by atoms with Crippen LogP contribution >= 0.6 is 0 Å². The highest BCUT2D eigenvalue weighted by molar-refractivity contribution is 5.91. The molecule has 1 N–H and O–H groups in total. The third-order valence-electron chi connectivity index (χ3n) is 8.68. The fourth-order valence-electron chi connectivity index (χ4n) is 7.35. The Morgan fingerprint density at radius 2 is 1.84 bits per heavy atom. The molecule has 0 bridgehead atoms. The van der Waals surface area contributed by atoms with Crippen LogP contribution in [0.15, 0.2) is 0 Å². The average Bonchev–Trinajstić information content (AvgIpc) is 2.78. The summed E-state index contributed by atoms with van der Waals surface area (Å²) < 4.78 is 5.52. The molecule has 4 heteroatoms. The van der Waals surface area contributed by atoms with Crippen LogP contribution in [0.5, 0.6) is 0 Å². The summed E-state index contributed by atoms with van der Waals surface area (Å²) >= 11 is 0. The standard InChI is InChI=1S/C21H32O4/c1-12(22)25-14-6-8-20(2)13(10-14)4-5-15-16(20)7-9-21(3)17(15)11-18(23)19(21)24/h13-18,23H,4-11H2,1-3H3/t13-,14-,15+,16-,17-,18-,20-,21-/m0/s1. The van der Waals surface area contributed by atoms with Crippen LogP contribution in [0.2, 0.25) is 0 Å². The van der Waals surface area contributed by atoms with Gasteiger partial charge in [0.25, 0.3) is 0 Å². The molecule has 4 nitrogen and oxygen atoms in total. The predicted molar refractivity (Wildman–Crippen MR) is 93.7 cm³/mol. The van der Waals surface area contributed by atoms with E-state index >= 15 is 0 Å². The minimum Gasteiger partial charge on any atom is -0.463 e. The van der Waals surface area contributed by atoms with Crippen molar-refractivity contribution in [1.82, 2.24) is 0 Å². The third kappa shape index (κ3) is 2.50. The molecule has 4 aliphatic rings. The van der Waals surface area contributed by atoms with Gasteiger partial charge in [-0.1, -0.05) is 13.8 Å². The van der Waals surface area contributed by atoms with E-state index in [1.807, 2.05) is 0 Å². The lowest BCUT2D eigenvalue weighted by Gasteiger charge is -2.60. The van der Waals surface area contributed by atoms with E-state index in [2.05, 4.69) is 13.8 Å². The van der Waals surface area contributed by atoms with E-state index in [1.165, 1.54) is 13.3 Å². The Labute approximate surface area is 150 Å². The molecule has 0 aromatic heterocycles. The topological polar surface area (TPSA) is 63.6 Å². The molecule has 4 rings (SSSR count). The molecule has 0 aliphatic heterocycles. The zero-order valence-corrected chi connectivity index (χ0v) is 15.8. The van der Waals surface area contributed by atoms with Gasteiger partial charge in [0.2, 0.25) is 0 Å². The number of carbonyl (C=O) groups is 2. The number of aliphatic hydroxyl groups is 1. The monoisotopic (exact) mass is 348 g/mol. The number of Topliss-reactive ketones (excluding diaryl/α,β-unsaturated/α-hetero) is 1. The van der Waals surface area contributed by atoms with Gasteiger partial charge in [-0.25, -0.2) is 0 Å². The van der Waals surface area contributed by atoms with Crippen LogP contribution < -0.4 is 0 Å². The summed E-state index contributed by atoms with van der Waals surface area (Å²) in [5.74, 6) is 2.15. The van der Waals surface area contributed by atoms with Crippen molar-refractivity contribution in [1.29, 1.82) is 0 Å². The first-order valence-corrected chi connectivity index (χ1v) is 10.2. The summed E-state index contributed by atoms with van der Waals surface area (Å²) in [4.78, 5) is 23.9. The maximum absolute atomic E-state index is 12.5. The predicted octanol–water partition coefficient (Wildman–Crippen LogP) is 3.50. The second-order valence-corrected chi connectivity index (χ2v) is 9.73. The van der Waals surface area contributed by atoms with Gasteiger partial charge in [0, 0.05) is 12.3 Å². The van der Waals surface area contributed by atoms with Crippen molar-refractivity contribution in [3.63, 3.8) is 0 Å². The molecule has 8 atom stereocenters. The first-order valence-electron chi connectivity index (χ1n) is 10.2. The molecule has 4 fully saturated rings. The van der Waals surface area contributed by atoms with Crippen molar-refractivity contribution in [2.75, 3.05) is 0 Å². The highest BCUT2D eigenvalue weighted by Gasteiger charge is 2.62. The lowest BCUT2D eigenvalue weighted by molar-refractivity contribution is -0.160. The summed E-state index contributed by atoms with van der Waals surface area (Å²) in [6, 6.07) is 0. The lowest BCUT2D eigenvalue weighted by Crippen LogP contribution is -2.54. The van der Waals surface area contributed by atoms with Gasteiger partial charge in [0.1, 0.15) is 12.2 Å². The molecule has 0 saturated heterocycles. The number of fused-ring (bicyclic) bond motifs is 5. The second kappa shape index (κ2) is 5.80. The van der Waals surface area contributed by atoms with Crippen LogP contribution in [-0.2, 0) is 14.3 Å². The van der Waals surface area contributed by atoms with Crippen molar-refractivity contribution in [3.8, 4) is 0 Å². The Morgan fingerprint density at radius 3 is 2.56 bits per heavy atom. The number of esters is 1. The number of aliphatic hydroxyl groups excluding tert-OH is 1. The fourth-order valence-corrected chi connectivity index (χ4v) is 7.35. The summed E-state index contributed by atoms with van der Waals surface area (Å²) in [6.45, 7) is 6.07. The molecule has 0 aromatic carbocycles. The van der Waals surface area contributed by atoms with Gasteiger partial charge in [0.05, 0.1) is 0 Å². The number of ketones is 1. The van der Waals surface area contributed by atoms with Crippen molar-refractivity contribution in [3.05, 3.63) is 0 Å². The highest BCUT2D eigenvalue weighted by atomic mass is 16.5. The highest BCUT2D eigenvalue weighted by Crippen LogP contribution is 2.65. The molecule has 0 spiro atoms. The largest absolute Gasteiger partial charge is 0.463 e. The van der Waals surface area contributed by atoms with Gasteiger partial charge in [-0.15, -0.1) is 0 Å². The molecular weight excluding hydrogens is 316 g/mol. The molecule has 0 unspecified atom stereocenters. The maximum Gasteiger partial charge on any atom is 0.302 e. The third-order valence-corrected chi connectivity index (χ3v) is 8.68. The molecular formula is C21H32O4. The summed E-state index contributed by atoms with van der Waals surface area (Å²) in [5.41, 5.74) is 0.0101. The van der Waals surface area contributed by atoms with Gasteiger partial charge in [-0.05, 0) is 80.5 Å². The van der Waals surface area contributed by atoms with E-state index in [9.17, 15) is 14.7 Å². The first kappa shape index (κ1) is 17.5. The molecule has 0 heterocycles. The zero-order valence-electron chi connectivity index (χ0n) is 15.8. The van der Waals surface area contributed by atoms with Crippen LogP contribution in [-0.4, -0.2) is 29.1 Å². The Kier molecular flexibility index (Phi) is 4.06. The van der Waals surface area contributed by atoms with Gasteiger partial charge in [-0.3, -0.25) is 9.59 Å². The van der Waals surface area contributed by atoms with Gasteiger partial charge in [0.15, 0.2) is 5.78 Å². The van der Waals surface area contributed by atoms with Crippen LogP contribution in [0.1, 0.15) is 72.1 Å². The van der Waals surface area contributed by atoms with Crippen LogP contribution in [0, 0.1) is 34.5 Å². The Hall–Kier alpha value is -0.900. The van der Waals surface area contributed by atoms with Crippen molar-refractivity contribution in [2.45, 2.75) is 84.3 Å². The van der Waals surface area contributed by atoms with E-state index in [-0.39, 0.29) is 23.3 Å². The number of hydrogen-bond donors (Lipinski definition) is 1. The minimum absolute atomic E-state index is 0.0934. The van der Waals surface area contributed by atoms with E-state index < -0.39 is 6.10 Å². The number of ether oxygens (including phenoxy) is 1. The fraction of sp³-hybridized carbons (Fsp3) is 0.905. The Balaban J connectivity index is 1.55. The maximum atomic E-state index is 12.5. The minimum atomic E-state index is -0.737. The van der Waals surface area contributed by atoms with Crippen LogP contribution in [0.25, 0.3) is 0 Å². The van der Waals surface area contributed by atoms with E-state index in [0.717, 1.165) is 38.5 Å². The number of carbonyl (C=O) groups excluding carboxylic acids is 2. The molecule has 4 saturated carbocycles. The molecule has 0 aromatic rings. The Bertz CT molecular complexity index is 586. The molecule has 140 valence electrons. The molecule has 4 aliphatic carbocycles. The summed E-state index contributed by atoms with van der Waals surface area (Å²) in [7, 11) is 0.